The molecule has 2 aromatic rings. The molecule has 0 radical (unpaired) electrons. The minimum absolute atomic E-state index is 0.689. The van der Waals surface area contributed by atoms with Crippen molar-refractivity contribution in [3.8, 4) is 5.88 Å². The van der Waals surface area contributed by atoms with Gasteiger partial charge in [-0.3, -0.25) is 4.40 Å². The molecule has 1 atom stereocenters. The summed E-state index contributed by atoms with van der Waals surface area (Å²) in [6, 6.07) is 6.05. The van der Waals surface area contributed by atoms with Gasteiger partial charge in [-0.1, -0.05) is 6.07 Å². The summed E-state index contributed by atoms with van der Waals surface area (Å²) in [5, 5.41) is 3.46. The maximum Gasteiger partial charge on any atom is 0.199 e. The third kappa shape index (κ3) is 2.08. The number of hydrogen-bond acceptors (Lipinski definition) is 3. The molecule has 4 nitrogen and oxygen atoms in total. The van der Waals surface area contributed by atoms with Crippen molar-refractivity contribution in [3.63, 3.8) is 0 Å². The van der Waals surface area contributed by atoms with Gasteiger partial charge >= 0.3 is 0 Å². The second kappa shape index (κ2) is 4.98. The van der Waals surface area contributed by atoms with E-state index in [1.807, 2.05) is 18.3 Å². The van der Waals surface area contributed by atoms with E-state index in [2.05, 4.69) is 20.8 Å². The van der Waals surface area contributed by atoms with Gasteiger partial charge in [0, 0.05) is 6.42 Å². The fourth-order valence-corrected chi connectivity index (χ4v) is 2.74. The largest absolute Gasteiger partial charge is 0.482 e. The van der Waals surface area contributed by atoms with Crippen molar-refractivity contribution in [2.75, 3.05) is 20.2 Å². The van der Waals surface area contributed by atoms with Crippen molar-refractivity contribution in [2.24, 2.45) is 5.92 Å². The van der Waals surface area contributed by atoms with E-state index in [4.69, 9.17) is 4.74 Å². The number of imidazole rings is 1. The molecule has 1 N–H and O–H groups in total. The molecule has 0 aromatic carbocycles. The minimum Gasteiger partial charge on any atom is -0.482 e. The Hall–Kier alpha value is -1.55. The minimum atomic E-state index is 0.689. The highest BCUT2D eigenvalue weighted by Gasteiger charge is 2.17. The molecule has 0 saturated carbocycles. The first-order valence-corrected chi connectivity index (χ1v) is 6.58. The monoisotopic (exact) mass is 245 g/mol. The van der Waals surface area contributed by atoms with Gasteiger partial charge in [-0.25, -0.2) is 4.98 Å². The number of ether oxygens (including phenoxy) is 1. The fourth-order valence-electron chi connectivity index (χ4n) is 2.74. The highest BCUT2D eigenvalue weighted by atomic mass is 16.5. The van der Waals surface area contributed by atoms with Gasteiger partial charge in [0.2, 0.25) is 0 Å². The quantitative estimate of drug-likeness (QED) is 0.897. The summed E-state index contributed by atoms with van der Waals surface area (Å²) in [6.45, 7) is 2.26. The molecule has 96 valence electrons. The van der Waals surface area contributed by atoms with E-state index in [9.17, 15) is 0 Å². The lowest BCUT2D eigenvalue weighted by molar-refractivity contribution is 0.362. The Bertz CT molecular complexity index is 529. The van der Waals surface area contributed by atoms with Gasteiger partial charge < -0.3 is 10.1 Å². The lowest BCUT2D eigenvalue weighted by atomic mass is 9.96. The maximum atomic E-state index is 5.42. The lowest BCUT2D eigenvalue weighted by Gasteiger charge is -2.22. The van der Waals surface area contributed by atoms with E-state index in [1.165, 1.54) is 12.8 Å². The Balaban J connectivity index is 1.91. The van der Waals surface area contributed by atoms with Crippen molar-refractivity contribution in [1.82, 2.24) is 14.7 Å². The van der Waals surface area contributed by atoms with Gasteiger partial charge in [0.25, 0.3) is 0 Å². The Labute approximate surface area is 107 Å². The average Bonchev–Trinajstić information content (AvgIpc) is 2.83. The number of rotatable bonds is 3. The molecular weight excluding hydrogens is 226 g/mol. The number of hydrogen-bond donors (Lipinski definition) is 1. The van der Waals surface area contributed by atoms with E-state index >= 15 is 0 Å². The molecule has 3 heterocycles. The van der Waals surface area contributed by atoms with Crippen LogP contribution < -0.4 is 10.1 Å². The van der Waals surface area contributed by atoms with Crippen molar-refractivity contribution in [3.05, 3.63) is 30.2 Å². The molecule has 2 aromatic heterocycles. The molecule has 0 bridgehead atoms. The molecule has 1 saturated heterocycles. The maximum absolute atomic E-state index is 5.42. The first-order valence-electron chi connectivity index (χ1n) is 6.58. The summed E-state index contributed by atoms with van der Waals surface area (Å²) in [5.41, 5.74) is 1.10. The van der Waals surface area contributed by atoms with Crippen LogP contribution in [0.2, 0.25) is 0 Å². The molecule has 1 unspecified atom stereocenters. The predicted octanol–water partition coefficient (Wildman–Crippen LogP) is 1.89. The number of aromatic nitrogens is 2. The van der Waals surface area contributed by atoms with Gasteiger partial charge in [0.1, 0.15) is 5.82 Å². The van der Waals surface area contributed by atoms with Gasteiger partial charge in [-0.15, -0.1) is 0 Å². The van der Waals surface area contributed by atoms with Crippen LogP contribution in [0.25, 0.3) is 5.52 Å². The van der Waals surface area contributed by atoms with E-state index in [1.54, 1.807) is 7.11 Å². The Morgan fingerprint density at radius 3 is 3.22 bits per heavy atom. The topological polar surface area (TPSA) is 38.6 Å². The van der Waals surface area contributed by atoms with Crippen molar-refractivity contribution >= 4 is 5.52 Å². The third-order valence-corrected chi connectivity index (χ3v) is 3.67. The zero-order valence-corrected chi connectivity index (χ0v) is 10.7. The molecular formula is C14H19N3O. The summed E-state index contributed by atoms with van der Waals surface area (Å²) >= 11 is 0. The zero-order chi connectivity index (χ0) is 12.4. The molecule has 1 fully saturated rings. The molecule has 3 rings (SSSR count). The number of fused-ring (bicyclic) bond motifs is 1. The Morgan fingerprint density at radius 2 is 2.44 bits per heavy atom. The summed E-state index contributed by atoms with van der Waals surface area (Å²) in [6.07, 6.45) is 5.50. The van der Waals surface area contributed by atoms with Crippen LogP contribution in [0.4, 0.5) is 0 Å². The number of methoxy groups -OCH3 is 1. The normalized spacial score (nSPS) is 20.2. The molecule has 0 amide bonds. The highest BCUT2D eigenvalue weighted by molar-refractivity contribution is 5.49. The summed E-state index contributed by atoms with van der Waals surface area (Å²) in [4.78, 5) is 4.55. The predicted molar refractivity (Wildman–Crippen MR) is 71.0 cm³/mol. The summed E-state index contributed by atoms with van der Waals surface area (Å²) in [5.74, 6) is 2.66. The van der Waals surface area contributed by atoms with Gasteiger partial charge in [-0.05, 0) is 44.0 Å². The Morgan fingerprint density at radius 1 is 1.50 bits per heavy atom. The lowest BCUT2D eigenvalue weighted by Crippen LogP contribution is -2.31. The SMILES string of the molecule is COc1cccc2cnc(CC3CCCNC3)n12. The van der Waals surface area contributed by atoms with Crippen molar-refractivity contribution in [1.29, 1.82) is 0 Å². The number of nitrogens with zero attached hydrogens (tertiary/aromatic N) is 2. The van der Waals surface area contributed by atoms with E-state index in [-0.39, 0.29) is 0 Å². The first-order chi connectivity index (χ1) is 8.88. The smallest absolute Gasteiger partial charge is 0.199 e. The second-order valence-electron chi connectivity index (χ2n) is 4.92. The van der Waals surface area contributed by atoms with Gasteiger partial charge in [0.05, 0.1) is 18.8 Å². The molecule has 1 aliphatic rings. The third-order valence-electron chi connectivity index (χ3n) is 3.67. The average molecular weight is 245 g/mol. The Kier molecular flexibility index (Phi) is 3.19. The fraction of sp³-hybridized carbons (Fsp3) is 0.500. The first kappa shape index (κ1) is 11.5. The van der Waals surface area contributed by atoms with Crippen LogP contribution in [0.1, 0.15) is 18.7 Å². The van der Waals surface area contributed by atoms with E-state index in [0.29, 0.717) is 5.92 Å². The van der Waals surface area contributed by atoms with Crippen LogP contribution in [-0.2, 0) is 6.42 Å². The molecule has 1 aliphatic heterocycles. The number of piperidine rings is 1. The van der Waals surface area contributed by atoms with Crippen LogP contribution in [0.5, 0.6) is 5.88 Å². The summed E-state index contributed by atoms with van der Waals surface area (Å²) < 4.78 is 7.54. The van der Waals surface area contributed by atoms with Gasteiger partial charge in [0.15, 0.2) is 5.88 Å². The molecule has 18 heavy (non-hydrogen) atoms. The van der Waals surface area contributed by atoms with Crippen LogP contribution in [0.15, 0.2) is 24.4 Å². The van der Waals surface area contributed by atoms with Crippen LogP contribution in [0.3, 0.4) is 0 Å². The van der Waals surface area contributed by atoms with Crippen molar-refractivity contribution in [2.45, 2.75) is 19.3 Å². The van der Waals surface area contributed by atoms with Crippen molar-refractivity contribution < 1.29 is 4.74 Å². The van der Waals surface area contributed by atoms with E-state index in [0.717, 1.165) is 36.7 Å². The number of nitrogens with one attached hydrogen (secondary N) is 1. The van der Waals surface area contributed by atoms with Gasteiger partial charge in [-0.2, -0.15) is 0 Å². The molecule has 0 spiro atoms. The van der Waals surface area contributed by atoms with Crippen LogP contribution >= 0.6 is 0 Å². The standard InChI is InChI=1S/C14H19N3O/c1-18-14-6-2-5-12-10-16-13(17(12)14)8-11-4-3-7-15-9-11/h2,5-6,10-11,15H,3-4,7-9H2,1H3. The van der Waals surface area contributed by atoms with Crippen LogP contribution in [0, 0.1) is 5.92 Å². The zero-order valence-electron chi connectivity index (χ0n) is 10.7. The molecule has 0 aliphatic carbocycles. The van der Waals surface area contributed by atoms with Crippen LogP contribution in [-0.4, -0.2) is 29.6 Å². The van der Waals surface area contributed by atoms with E-state index < -0.39 is 0 Å². The highest BCUT2D eigenvalue weighted by Crippen LogP contribution is 2.21. The molecule has 4 heteroatoms. The summed E-state index contributed by atoms with van der Waals surface area (Å²) in [7, 11) is 1.71. The second-order valence-corrected chi connectivity index (χ2v) is 4.92. The number of pyridine rings is 1.